The van der Waals surface area contributed by atoms with E-state index in [1.165, 1.54) is 6.07 Å². The molecule has 17 heavy (non-hydrogen) atoms. The van der Waals surface area contributed by atoms with Gasteiger partial charge in [-0.05, 0) is 35.7 Å². The van der Waals surface area contributed by atoms with Gasteiger partial charge in [-0.25, -0.2) is 4.39 Å². The Kier molecular flexibility index (Phi) is 3.77. The van der Waals surface area contributed by atoms with Crippen LogP contribution in [0.5, 0.6) is 0 Å². The van der Waals surface area contributed by atoms with Crippen LogP contribution in [0.1, 0.15) is 17.2 Å². The Morgan fingerprint density at radius 1 is 1.12 bits per heavy atom. The number of hydrogen-bond acceptors (Lipinski definition) is 1. The van der Waals surface area contributed by atoms with Gasteiger partial charge < -0.3 is 5.73 Å². The van der Waals surface area contributed by atoms with E-state index in [2.05, 4.69) is 0 Å². The van der Waals surface area contributed by atoms with Crippen molar-refractivity contribution in [1.82, 2.24) is 0 Å². The summed E-state index contributed by atoms with van der Waals surface area (Å²) in [5, 5.41) is 0.645. The topological polar surface area (TPSA) is 26.0 Å². The van der Waals surface area contributed by atoms with Crippen LogP contribution in [0.2, 0.25) is 5.02 Å². The van der Waals surface area contributed by atoms with Gasteiger partial charge in [-0.15, -0.1) is 0 Å². The van der Waals surface area contributed by atoms with Gasteiger partial charge in [0, 0.05) is 11.1 Å². The average Bonchev–Trinajstić information content (AvgIpc) is 2.32. The van der Waals surface area contributed by atoms with E-state index >= 15 is 0 Å². The summed E-state index contributed by atoms with van der Waals surface area (Å²) >= 11 is 5.89. The smallest absolute Gasteiger partial charge is 0.126 e. The predicted octanol–water partition coefficient (Wildman–Crippen LogP) is 3.72. The maximum absolute atomic E-state index is 13.5. The molecule has 0 aromatic heterocycles. The van der Waals surface area contributed by atoms with Crippen molar-refractivity contribution in [3.05, 3.63) is 70.5 Å². The van der Waals surface area contributed by atoms with E-state index in [0.29, 0.717) is 17.0 Å². The standard InChI is InChI=1S/C14H13ClFN/c15-12-6-3-5-11(8-12)14(17)9-10-4-1-2-7-13(10)16/h1-8,14H,9,17H2. The number of benzene rings is 2. The van der Waals surface area contributed by atoms with Crippen LogP contribution in [0.25, 0.3) is 0 Å². The van der Waals surface area contributed by atoms with Crippen LogP contribution < -0.4 is 5.73 Å². The lowest BCUT2D eigenvalue weighted by Crippen LogP contribution is -2.14. The lowest BCUT2D eigenvalue weighted by Gasteiger charge is -2.12. The highest BCUT2D eigenvalue weighted by Crippen LogP contribution is 2.20. The molecule has 2 aromatic rings. The van der Waals surface area contributed by atoms with Gasteiger partial charge in [-0.1, -0.05) is 41.9 Å². The molecule has 1 atom stereocenters. The quantitative estimate of drug-likeness (QED) is 0.882. The van der Waals surface area contributed by atoms with Gasteiger partial charge in [-0.3, -0.25) is 0 Å². The van der Waals surface area contributed by atoms with Gasteiger partial charge in [0.1, 0.15) is 5.82 Å². The molecule has 0 aliphatic carbocycles. The Hall–Kier alpha value is -1.38. The van der Waals surface area contributed by atoms with E-state index < -0.39 is 0 Å². The van der Waals surface area contributed by atoms with Gasteiger partial charge in [0.25, 0.3) is 0 Å². The minimum absolute atomic E-state index is 0.218. The number of nitrogens with two attached hydrogens (primary N) is 1. The maximum atomic E-state index is 13.5. The Balaban J connectivity index is 2.17. The summed E-state index contributed by atoms with van der Waals surface area (Å²) in [7, 11) is 0. The zero-order chi connectivity index (χ0) is 12.3. The first-order chi connectivity index (χ1) is 8.16. The second-order valence-electron chi connectivity index (χ2n) is 3.96. The largest absolute Gasteiger partial charge is 0.324 e. The molecule has 2 N–H and O–H groups in total. The molecule has 0 aliphatic heterocycles. The third-order valence-electron chi connectivity index (χ3n) is 2.67. The highest BCUT2D eigenvalue weighted by molar-refractivity contribution is 6.30. The number of rotatable bonds is 3. The molecule has 0 saturated heterocycles. The summed E-state index contributed by atoms with van der Waals surface area (Å²) in [5.41, 5.74) is 7.58. The number of halogens is 2. The lowest BCUT2D eigenvalue weighted by molar-refractivity contribution is 0.593. The van der Waals surface area contributed by atoms with Gasteiger partial charge in [0.2, 0.25) is 0 Å². The molecular weight excluding hydrogens is 237 g/mol. The van der Waals surface area contributed by atoms with Crippen LogP contribution in [-0.4, -0.2) is 0 Å². The van der Waals surface area contributed by atoms with Crippen LogP contribution in [-0.2, 0) is 6.42 Å². The molecule has 2 aromatic carbocycles. The molecule has 3 heteroatoms. The molecule has 2 rings (SSSR count). The molecule has 0 saturated carbocycles. The normalized spacial score (nSPS) is 12.4. The fourth-order valence-corrected chi connectivity index (χ4v) is 1.95. The van der Waals surface area contributed by atoms with E-state index in [1.807, 2.05) is 24.3 Å². The average molecular weight is 250 g/mol. The molecule has 0 amide bonds. The molecule has 0 heterocycles. The fraction of sp³-hybridized carbons (Fsp3) is 0.143. The monoisotopic (exact) mass is 249 g/mol. The maximum Gasteiger partial charge on any atom is 0.126 e. The summed E-state index contributed by atoms with van der Waals surface area (Å²) in [6.07, 6.45) is 0.465. The summed E-state index contributed by atoms with van der Waals surface area (Å²) in [5.74, 6) is -0.218. The second kappa shape index (κ2) is 5.30. The van der Waals surface area contributed by atoms with Crippen molar-refractivity contribution in [1.29, 1.82) is 0 Å². The van der Waals surface area contributed by atoms with Crippen molar-refractivity contribution in [2.75, 3.05) is 0 Å². The molecule has 0 bridgehead atoms. The summed E-state index contributed by atoms with van der Waals surface area (Å²) in [4.78, 5) is 0. The Morgan fingerprint density at radius 3 is 2.59 bits per heavy atom. The van der Waals surface area contributed by atoms with Crippen LogP contribution in [0.15, 0.2) is 48.5 Å². The number of hydrogen-bond donors (Lipinski definition) is 1. The molecule has 0 aliphatic rings. The van der Waals surface area contributed by atoms with Crippen molar-refractivity contribution in [2.24, 2.45) is 5.73 Å². The summed E-state index contributed by atoms with van der Waals surface area (Å²) in [6, 6.07) is 13.8. The van der Waals surface area contributed by atoms with E-state index in [-0.39, 0.29) is 11.9 Å². The fourth-order valence-electron chi connectivity index (χ4n) is 1.76. The highest BCUT2D eigenvalue weighted by atomic mass is 35.5. The second-order valence-corrected chi connectivity index (χ2v) is 4.39. The molecule has 0 fully saturated rings. The third kappa shape index (κ3) is 3.05. The SMILES string of the molecule is NC(Cc1ccccc1F)c1cccc(Cl)c1. The van der Waals surface area contributed by atoms with Crippen LogP contribution in [0.3, 0.4) is 0 Å². The zero-order valence-corrected chi connectivity index (χ0v) is 9.99. The van der Waals surface area contributed by atoms with Gasteiger partial charge in [-0.2, -0.15) is 0 Å². The molecule has 1 unspecified atom stereocenters. The Morgan fingerprint density at radius 2 is 1.88 bits per heavy atom. The lowest BCUT2D eigenvalue weighted by atomic mass is 9.99. The van der Waals surface area contributed by atoms with Crippen LogP contribution in [0, 0.1) is 5.82 Å². The predicted molar refractivity (Wildman–Crippen MR) is 68.5 cm³/mol. The summed E-state index contributed by atoms with van der Waals surface area (Å²) in [6.45, 7) is 0. The molecule has 0 spiro atoms. The first kappa shape index (κ1) is 12.1. The minimum atomic E-state index is -0.245. The van der Waals surface area contributed by atoms with Crippen molar-refractivity contribution in [2.45, 2.75) is 12.5 Å². The van der Waals surface area contributed by atoms with E-state index in [9.17, 15) is 4.39 Å². The minimum Gasteiger partial charge on any atom is -0.324 e. The van der Waals surface area contributed by atoms with Gasteiger partial charge >= 0.3 is 0 Å². The molecule has 88 valence electrons. The highest BCUT2D eigenvalue weighted by Gasteiger charge is 2.10. The van der Waals surface area contributed by atoms with E-state index in [0.717, 1.165) is 5.56 Å². The Bertz CT molecular complexity index is 513. The van der Waals surface area contributed by atoms with Gasteiger partial charge in [0.15, 0.2) is 0 Å². The van der Waals surface area contributed by atoms with E-state index in [1.54, 1.807) is 18.2 Å². The molecular formula is C14H13ClFN. The van der Waals surface area contributed by atoms with Crippen molar-refractivity contribution in [3.8, 4) is 0 Å². The van der Waals surface area contributed by atoms with E-state index in [4.69, 9.17) is 17.3 Å². The molecule has 1 nitrogen and oxygen atoms in total. The molecule has 0 radical (unpaired) electrons. The van der Waals surface area contributed by atoms with Crippen molar-refractivity contribution in [3.63, 3.8) is 0 Å². The summed E-state index contributed by atoms with van der Waals surface area (Å²) < 4.78 is 13.5. The van der Waals surface area contributed by atoms with Crippen molar-refractivity contribution < 1.29 is 4.39 Å². The Labute approximate surface area is 105 Å². The van der Waals surface area contributed by atoms with Crippen molar-refractivity contribution >= 4 is 11.6 Å². The zero-order valence-electron chi connectivity index (χ0n) is 9.24. The third-order valence-corrected chi connectivity index (χ3v) is 2.91. The van der Waals surface area contributed by atoms with Crippen LogP contribution in [0.4, 0.5) is 4.39 Å². The van der Waals surface area contributed by atoms with Crippen LogP contribution >= 0.6 is 11.6 Å². The first-order valence-electron chi connectivity index (χ1n) is 5.41. The first-order valence-corrected chi connectivity index (χ1v) is 5.79. The van der Waals surface area contributed by atoms with Gasteiger partial charge in [0.05, 0.1) is 0 Å².